The average molecular weight is 470 g/mol. The van der Waals surface area contributed by atoms with E-state index in [4.69, 9.17) is 11.6 Å². The molecule has 0 aliphatic rings. The molecule has 0 saturated carbocycles. The van der Waals surface area contributed by atoms with E-state index >= 15 is 0 Å². The first-order valence-corrected chi connectivity index (χ1v) is 11.8. The Morgan fingerprint density at radius 1 is 1.16 bits per heavy atom. The maximum Gasteiger partial charge on any atom is 0.244 e. The molecule has 7 nitrogen and oxygen atoms in total. The number of sulfonamides is 1. The summed E-state index contributed by atoms with van der Waals surface area (Å²) >= 11 is 6.24. The van der Waals surface area contributed by atoms with Gasteiger partial charge in [-0.3, -0.25) is 13.9 Å². The molecule has 2 aromatic carbocycles. The molecule has 0 aliphatic carbocycles. The van der Waals surface area contributed by atoms with Crippen molar-refractivity contribution in [3.05, 3.63) is 64.9 Å². The highest BCUT2D eigenvalue weighted by Gasteiger charge is 2.31. The summed E-state index contributed by atoms with van der Waals surface area (Å²) < 4.78 is 39.3. The van der Waals surface area contributed by atoms with E-state index in [1.165, 1.54) is 30.1 Å². The SMILES string of the molecule is CC[C@@H](C(=O)NC)N(Cc1ccccc1Cl)C(=O)CN(c1cccc(F)c1)S(C)(=O)=O. The molecule has 0 heterocycles. The summed E-state index contributed by atoms with van der Waals surface area (Å²) in [5, 5.41) is 2.94. The van der Waals surface area contributed by atoms with Crippen molar-refractivity contribution in [1.29, 1.82) is 0 Å². The maximum absolute atomic E-state index is 13.7. The summed E-state index contributed by atoms with van der Waals surface area (Å²) in [6.07, 6.45) is 1.23. The molecule has 2 amide bonds. The van der Waals surface area contributed by atoms with Crippen LogP contribution in [0.1, 0.15) is 18.9 Å². The first-order valence-electron chi connectivity index (χ1n) is 9.56. The zero-order valence-corrected chi connectivity index (χ0v) is 19.1. The third-order valence-corrected chi connectivity index (χ3v) is 6.22. The van der Waals surface area contributed by atoms with E-state index in [-0.39, 0.29) is 18.1 Å². The highest BCUT2D eigenvalue weighted by Crippen LogP contribution is 2.22. The van der Waals surface area contributed by atoms with E-state index in [9.17, 15) is 22.4 Å². The van der Waals surface area contributed by atoms with E-state index < -0.39 is 34.3 Å². The molecule has 0 aromatic heterocycles. The Morgan fingerprint density at radius 3 is 2.39 bits per heavy atom. The molecule has 1 N–H and O–H groups in total. The van der Waals surface area contributed by atoms with E-state index in [0.717, 1.165) is 16.6 Å². The van der Waals surface area contributed by atoms with Crippen molar-refractivity contribution in [3.8, 4) is 0 Å². The smallest absolute Gasteiger partial charge is 0.244 e. The number of hydrogen-bond donors (Lipinski definition) is 1. The lowest BCUT2D eigenvalue weighted by molar-refractivity contribution is -0.140. The van der Waals surface area contributed by atoms with Gasteiger partial charge in [0, 0.05) is 18.6 Å². The molecule has 0 aliphatic heterocycles. The third-order valence-electron chi connectivity index (χ3n) is 4.71. The fraction of sp³-hybridized carbons (Fsp3) is 0.333. The van der Waals surface area contributed by atoms with Crippen LogP contribution in [0.25, 0.3) is 0 Å². The maximum atomic E-state index is 13.7. The van der Waals surface area contributed by atoms with Crippen molar-refractivity contribution in [2.75, 3.05) is 24.2 Å². The molecule has 1 atom stereocenters. The molecule has 31 heavy (non-hydrogen) atoms. The zero-order valence-electron chi connectivity index (χ0n) is 17.5. The topological polar surface area (TPSA) is 86.8 Å². The van der Waals surface area contributed by atoms with Crippen molar-refractivity contribution >= 4 is 39.1 Å². The normalized spacial score (nSPS) is 12.2. The Hall–Kier alpha value is -2.65. The molecule has 2 rings (SSSR count). The van der Waals surface area contributed by atoms with Gasteiger partial charge in [-0.15, -0.1) is 0 Å². The monoisotopic (exact) mass is 469 g/mol. The third kappa shape index (κ3) is 6.41. The lowest BCUT2D eigenvalue weighted by atomic mass is 10.1. The molecule has 0 spiro atoms. The molecule has 2 aromatic rings. The van der Waals surface area contributed by atoms with Gasteiger partial charge in [0.25, 0.3) is 0 Å². The number of rotatable bonds is 9. The summed E-state index contributed by atoms with van der Waals surface area (Å²) in [4.78, 5) is 27.0. The number of benzene rings is 2. The van der Waals surface area contributed by atoms with Crippen LogP contribution in [-0.4, -0.2) is 51.0 Å². The summed E-state index contributed by atoms with van der Waals surface area (Å²) in [7, 11) is -2.45. The second-order valence-corrected chi connectivity index (χ2v) is 9.21. The van der Waals surface area contributed by atoms with Gasteiger partial charge in [-0.1, -0.05) is 42.8 Å². The molecule has 0 unspecified atom stereocenters. The lowest BCUT2D eigenvalue weighted by Crippen LogP contribution is -2.51. The van der Waals surface area contributed by atoms with E-state index in [1.54, 1.807) is 31.2 Å². The minimum atomic E-state index is -3.91. The number of carbonyl (C=O) groups excluding carboxylic acids is 2. The predicted octanol–water partition coefficient (Wildman–Crippen LogP) is 2.80. The van der Waals surface area contributed by atoms with Crippen LogP contribution in [0.3, 0.4) is 0 Å². The second kappa shape index (κ2) is 10.6. The van der Waals surface area contributed by atoms with Crippen molar-refractivity contribution < 1.29 is 22.4 Å². The average Bonchev–Trinajstić information content (AvgIpc) is 2.71. The Balaban J connectivity index is 2.44. The van der Waals surface area contributed by atoms with Gasteiger partial charge in [-0.2, -0.15) is 0 Å². The molecule has 168 valence electrons. The molecule has 0 fully saturated rings. The fourth-order valence-electron chi connectivity index (χ4n) is 3.14. The van der Waals surface area contributed by atoms with Crippen molar-refractivity contribution in [2.45, 2.75) is 25.9 Å². The Labute approximate surface area is 186 Å². The number of nitrogens with zero attached hydrogens (tertiary/aromatic N) is 2. The van der Waals surface area contributed by atoms with Gasteiger partial charge < -0.3 is 10.2 Å². The second-order valence-electron chi connectivity index (χ2n) is 6.90. The van der Waals surface area contributed by atoms with Gasteiger partial charge in [-0.25, -0.2) is 12.8 Å². The number of nitrogens with one attached hydrogen (secondary N) is 1. The number of anilines is 1. The van der Waals surface area contributed by atoms with Gasteiger partial charge in [0.05, 0.1) is 11.9 Å². The largest absolute Gasteiger partial charge is 0.357 e. The van der Waals surface area contributed by atoms with Gasteiger partial charge in [-0.05, 0) is 36.2 Å². The predicted molar refractivity (Wildman–Crippen MR) is 119 cm³/mol. The molecule has 0 bridgehead atoms. The van der Waals surface area contributed by atoms with Crippen LogP contribution in [0.5, 0.6) is 0 Å². The van der Waals surface area contributed by atoms with E-state index in [1.807, 2.05) is 0 Å². The van der Waals surface area contributed by atoms with E-state index in [2.05, 4.69) is 5.32 Å². The highest BCUT2D eigenvalue weighted by molar-refractivity contribution is 7.92. The molecular weight excluding hydrogens is 445 g/mol. The van der Waals surface area contributed by atoms with Gasteiger partial charge in [0.2, 0.25) is 21.8 Å². The summed E-state index contributed by atoms with van der Waals surface area (Å²) in [5.74, 6) is -1.65. The van der Waals surface area contributed by atoms with Crippen LogP contribution in [0.2, 0.25) is 5.02 Å². The van der Waals surface area contributed by atoms with Crippen LogP contribution in [0, 0.1) is 5.82 Å². The van der Waals surface area contributed by atoms with Gasteiger partial charge >= 0.3 is 0 Å². The number of likely N-dealkylation sites (N-methyl/N-ethyl adjacent to an activating group) is 1. The van der Waals surface area contributed by atoms with Crippen LogP contribution in [-0.2, 0) is 26.2 Å². The molecule has 10 heteroatoms. The zero-order chi connectivity index (χ0) is 23.2. The highest BCUT2D eigenvalue weighted by atomic mass is 35.5. The van der Waals surface area contributed by atoms with Crippen molar-refractivity contribution in [2.24, 2.45) is 0 Å². The summed E-state index contributed by atoms with van der Waals surface area (Å²) in [6.45, 7) is 1.15. The summed E-state index contributed by atoms with van der Waals surface area (Å²) in [6, 6.07) is 11.0. The number of carbonyl (C=O) groups is 2. The van der Waals surface area contributed by atoms with Crippen molar-refractivity contribution in [1.82, 2.24) is 10.2 Å². The van der Waals surface area contributed by atoms with Gasteiger partial charge in [0.15, 0.2) is 0 Å². The minimum absolute atomic E-state index is 0.00514. The van der Waals surface area contributed by atoms with Crippen LogP contribution < -0.4 is 9.62 Å². The van der Waals surface area contributed by atoms with Crippen LogP contribution in [0.4, 0.5) is 10.1 Å². The summed E-state index contributed by atoms with van der Waals surface area (Å²) in [5.41, 5.74) is 0.623. The van der Waals surface area contributed by atoms with Crippen LogP contribution >= 0.6 is 11.6 Å². The fourth-order valence-corrected chi connectivity index (χ4v) is 4.18. The number of amides is 2. The Bertz CT molecular complexity index is 1050. The Morgan fingerprint density at radius 2 is 1.84 bits per heavy atom. The number of halogens is 2. The molecular formula is C21H25ClFN3O4S. The molecule has 0 radical (unpaired) electrons. The first kappa shape index (κ1) is 24.6. The number of hydrogen-bond acceptors (Lipinski definition) is 4. The molecule has 0 saturated heterocycles. The van der Waals surface area contributed by atoms with Crippen LogP contribution in [0.15, 0.2) is 48.5 Å². The Kier molecular flexibility index (Phi) is 8.41. The van der Waals surface area contributed by atoms with E-state index in [0.29, 0.717) is 17.0 Å². The van der Waals surface area contributed by atoms with Gasteiger partial charge in [0.1, 0.15) is 18.4 Å². The lowest BCUT2D eigenvalue weighted by Gasteiger charge is -2.32. The minimum Gasteiger partial charge on any atom is -0.357 e. The van der Waals surface area contributed by atoms with Crippen molar-refractivity contribution in [3.63, 3.8) is 0 Å². The quantitative estimate of drug-likeness (QED) is 0.611. The first-order chi connectivity index (χ1) is 14.6. The standard InChI is InChI=1S/C21H25ClFN3O4S/c1-4-19(21(28)24-2)25(13-15-8-5-6-11-18(15)22)20(27)14-26(31(3,29)30)17-10-7-9-16(23)12-17/h5-12,19H,4,13-14H2,1-3H3,(H,24,28)/t19-/m0/s1.